The predicted molar refractivity (Wildman–Crippen MR) is 55.5 cm³/mol. The number of hydrogen-bond acceptors (Lipinski definition) is 5. The first kappa shape index (κ1) is 10.8. The molecule has 0 aromatic carbocycles. The van der Waals surface area contributed by atoms with Gasteiger partial charge < -0.3 is 5.73 Å². The summed E-state index contributed by atoms with van der Waals surface area (Å²) < 4.78 is 1.22. The van der Waals surface area contributed by atoms with E-state index in [2.05, 4.69) is 20.1 Å². The van der Waals surface area contributed by atoms with E-state index in [4.69, 9.17) is 28.9 Å². The van der Waals surface area contributed by atoms with Gasteiger partial charge in [-0.1, -0.05) is 0 Å². The molecule has 0 aliphatic heterocycles. The lowest BCUT2D eigenvalue weighted by Crippen LogP contribution is -2.09. The second-order valence-electron chi connectivity index (χ2n) is 2.71. The lowest BCUT2D eigenvalue weighted by atomic mass is 10.4. The molecule has 0 radical (unpaired) electrons. The smallest absolute Gasteiger partial charge is 0.256 e. The Morgan fingerprint density at radius 3 is 2.38 bits per heavy atom. The van der Waals surface area contributed by atoms with Crippen LogP contribution in [-0.2, 0) is 0 Å². The van der Waals surface area contributed by atoms with E-state index in [0.29, 0.717) is 0 Å². The van der Waals surface area contributed by atoms with Gasteiger partial charge in [0, 0.05) is 6.20 Å². The standard InChI is InChI=1S/C7H4Cl2N6O/c8-5-12-6(9)14-7(13-5)15-2-3(1-11-15)4(10)16/h1-2H,(H2,10,16). The Kier molecular flexibility index (Phi) is 2.71. The summed E-state index contributed by atoms with van der Waals surface area (Å²) in [6.07, 6.45) is 2.65. The molecule has 0 atom stereocenters. The van der Waals surface area contributed by atoms with Gasteiger partial charge in [0.2, 0.25) is 10.6 Å². The van der Waals surface area contributed by atoms with Crippen LogP contribution >= 0.6 is 23.2 Å². The van der Waals surface area contributed by atoms with Crippen LogP contribution in [0.15, 0.2) is 12.4 Å². The topological polar surface area (TPSA) is 99.6 Å². The lowest BCUT2D eigenvalue weighted by Gasteiger charge is -1.98. The summed E-state index contributed by atoms with van der Waals surface area (Å²) in [5, 5.41) is 3.71. The van der Waals surface area contributed by atoms with Crippen LogP contribution in [0.25, 0.3) is 5.95 Å². The molecule has 2 aromatic heterocycles. The molecule has 0 aliphatic rings. The largest absolute Gasteiger partial charge is 0.366 e. The number of nitrogens with zero attached hydrogens (tertiary/aromatic N) is 5. The number of amides is 1. The molecule has 0 unspecified atom stereocenters. The van der Waals surface area contributed by atoms with E-state index in [9.17, 15) is 4.79 Å². The molecule has 9 heteroatoms. The zero-order valence-corrected chi connectivity index (χ0v) is 9.14. The third-order valence-electron chi connectivity index (χ3n) is 1.64. The number of hydrogen-bond donors (Lipinski definition) is 1. The van der Waals surface area contributed by atoms with Gasteiger partial charge >= 0.3 is 0 Å². The molecule has 0 saturated heterocycles. The number of nitrogens with two attached hydrogens (primary N) is 1. The van der Waals surface area contributed by atoms with Crippen molar-refractivity contribution < 1.29 is 4.79 Å². The second-order valence-corrected chi connectivity index (χ2v) is 3.39. The maximum Gasteiger partial charge on any atom is 0.256 e. The van der Waals surface area contributed by atoms with Crippen molar-refractivity contribution >= 4 is 29.1 Å². The van der Waals surface area contributed by atoms with Crippen molar-refractivity contribution in [2.24, 2.45) is 5.73 Å². The summed E-state index contributed by atoms with van der Waals surface area (Å²) in [6, 6.07) is 0. The van der Waals surface area contributed by atoms with Gasteiger partial charge in [-0.2, -0.15) is 20.1 Å². The van der Waals surface area contributed by atoms with E-state index in [1.54, 1.807) is 0 Å². The first-order valence-electron chi connectivity index (χ1n) is 3.98. The zero-order chi connectivity index (χ0) is 11.7. The van der Waals surface area contributed by atoms with Gasteiger partial charge in [-0.25, -0.2) is 4.68 Å². The van der Waals surface area contributed by atoms with Crippen molar-refractivity contribution in [1.82, 2.24) is 24.7 Å². The minimum atomic E-state index is -0.600. The third kappa shape index (κ3) is 2.10. The molecule has 2 aromatic rings. The Labute approximate surface area is 99.2 Å². The van der Waals surface area contributed by atoms with Gasteiger partial charge in [0.15, 0.2) is 0 Å². The molecule has 0 saturated carbocycles. The van der Waals surface area contributed by atoms with E-state index < -0.39 is 5.91 Å². The summed E-state index contributed by atoms with van der Waals surface area (Å²) in [4.78, 5) is 22.0. The summed E-state index contributed by atoms with van der Waals surface area (Å²) in [7, 11) is 0. The van der Waals surface area contributed by atoms with Gasteiger partial charge in [-0.05, 0) is 23.2 Å². The van der Waals surface area contributed by atoms with Gasteiger partial charge in [0.1, 0.15) is 0 Å². The molecule has 2 heterocycles. The Bertz CT molecular complexity index is 533. The summed E-state index contributed by atoms with van der Waals surface area (Å²) in [5.41, 5.74) is 5.30. The van der Waals surface area contributed by atoms with Crippen LogP contribution in [0, 0.1) is 0 Å². The highest BCUT2D eigenvalue weighted by molar-refractivity contribution is 6.31. The molecule has 0 aliphatic carbocycles. The Morgan fingerprint density at radius 1 is 1.25 bits per heavy atom. The van der Waals surface area contributed by atoms with Crippen molar-refractivity contribution in [3.05, 3.63) is 28.5 Å². The molecule has 0 spiro atoms. The van der Waals surface area contributed by atoms with Crippen molar-refractivity contribution in [2.45, 2.75) is 0 Å². The fourth-order valence-corrected chi connectivity index (χ4v) is 1.33. The SMILES string of the molecule is NC(=O)c1cnn(-c2nc(Cl)nc(Cl)n2)c1. The molecule has 7 nitrogen and oxygen atoms in total. The van der Waals surface area contributed by atoms with Crippen LogP contribution in [-0.4, -0.2) is 30.6 Å². The fourth-order valence-electron chi connectivity index (χ4n) is 0.978. The molecule has 2 N–H and O–H groups in total. The Hall–Kier alpha value is -1.73. The van der Waals surface area contributed by atoms with Crippen molar-refractivity contribution in [2.75, 3.05) is 0 Å². The van der Waals surface area contributed by atoms with Crippen molar-refractivity contribution in [3.63, 3.8) is 0 Å². The number of halogens is 2. The van der Waals surface area contributed by atoms with Crippen molar-refractivity contribution in [3.8, 4) is 5.95 Å². The number of aromatic nitrogens is 5. The summed E-state index contributed by atoms with van der Waals surface area (Å²) in [5.74, 6) is -0.491. The van der Waals surface area contributed by atoms with E-state index in [1.807, 2.05) is 0 Å². The van der Waals surface area contributed by atoms with Gasteiger partial charge in [-0.15, -0.1) is 0 Å². The molecule has 2 rings (SSSR count). The van der Waals surface area contributed by atoms with E-state index in [-0.39, 0.29) is 22.1 Å². The van der Waals surface area contributed by atoms with Gasteiger partial charge in [0.05, 0.1) is 11.8 Å². The van der Waals surface area contributed by atoms with Crippen LogP contribution in [0.5, 0.6) is 0 Å². The lowest BCUT2D eigenvalue weighted by molar-refractivity contribution is 0.100. The molecular formula is C7H4Cl2N6O. The second kappa shape index (κ2) is 4.03. The van der Waals surface area contributed by atoms with E-state index in [0.717, 1.165) is 0 Å². The quantitative estimate of drug-likeness (QED) is 0.844. The predicted octanol–water partition coefficient (Wildman–Crippen LogP) is 0.463. The molecule has 16 heavy (non-hydrogen) atoms. The maximum absolute atomic E-state index is 10.8. The Balaban J connectivity index is 2.46. The average molecular weight is 259 g/mol. The first-order valence-corrected chi connectivity index (χ1v) is 4.74. The third-order valence-corrected chi connectivity index (χ3v) is 1.98. The number of primary amides is 1. The maximum atomic E-state index is 10.8. The number of carbonyl (C=O) groups is 1. The van der Waals surface area contributed by atoms with Crippen LogP contribution < -0.4 is 5.73 Å². The monoisotopic (exact) mass is 258 g/mol. The van der Waals surface area contributed by atoms with Crippen LogP contribution in [0.4, 0.5) is 0 Å². The summed E-state index contributed by atoms with van der Waals surface area (Å²) in [6.45, 7) is 0. The highest BCUT2D eigenvalue weighted by Crippen LogP contribution is 2.09. The number of carbonyl (C=O) groups excluding carboxylic acids is 1. The van der Waals surface area contributed by atoms with E-state index in [1.165, 1.54) is 17.1 Å². The van der Waals surface area contributed by atoms with Gasteiger partial charge in [-0.3, -0.25) is 4.79 Å². The zero-order valence-electron chi connectivity index (χ0n) is 7.63. The van der Waals surface area contributed by atoms with Crippen LogP contribution in [0.1, 0.15) is 10.4 Å². The molecule has 0 fully saturated rings. The summed E-state index contributed by atoms with van der Waals surface area (Å²) >= 11 is 11.2. The molecular weight excluding hydrogens is 255 g/mol. The molecule has 82 valence electrons. The normalized spacial score (nSPS) is 10.4. The van der Waals surface area contributed by atoms with Crippen LogP contribution in [0.3, 0.4) is 0 Å². The van der Waals surface area contributed by atoms with E-state index >= 15 is 0 Å². The van der Waals surface area contributed by atoms with Crippen molar-refractivity contribution in [1.29, 1.82) is 0 Å². The van der Waals surface area contributed by atoms with Crippen LogP contribution in [0.2, 0.25) is 10.6 Å². The highest BCUT2D eigenvalue weighted by atomic mass is 35.5. The molecule has 1 amide bonds. The minimum Gasteiger partial charge on any atom is -0.366 e. The molecule has 0 bridgehead atoms. The fraction of sp³-hybridized carbons (Fsp3) is 0. The number of rotatable bonds is 2. The average Bonchev–Trinajstić information content (AvgIpc) is 2.64. The Morgan fingerprint density at radius 2 is 1.88 bits per heavy atom. The minimum absolute atomic E-state index is 0.0638. The first-order chi connectivity index (χ1) is 7.56. The highest BCUT2D eigenvalue weighted by Gasteiger charge is 2.09. The van der Waals surface area contributed by atoms with Gasteiger partial charge in [0.25, 0.3) is 11.9 Å².